The number of nitrogens with zero attached hydrogens (tertiary/aromatic N) is 1. The number of anilines is 1. The van der Waals surface area contributed by atoms with E-state index in [1.807, 2.05) is 36.9 Å². The molecule has 1 heterocycles. The van der Waals surface area contributed by atoms with E-state index in [4.69, 9.17) is 4.74 Å². The first-order valence-corrected chi connectivity index (χ1v) is 10.5. The number of rotatable bonds is 6. The van der Waals surface area contributed by atoms with Crippen LogP contribution >= 0.6 is 11.8 Å². The highest BCUT2D eigenvalue weighted by molar-refractivity contribution is 7.99. The summed E-state index contributed by atoms with van der Waals surface area (Å²) >= 11 is 1.95. The minimum absolute atomic E-state index is 0.358. The van der Waals surface area contributed by atoms with E-state index in [1.54, 1.807) is 0 Å². The van der Waals surface area contributed by atoms with Gasteiger partial charge in [-0.25, -0.2) is 0 Å². The number of aryl methyl sites for hydroxylation is 1. The number of amides is 1. The van der Waals surface area contributed by atoms with Crippen LogP contribution in [0.5, 0.6) is 5.75 Å². The Bertz CT molecular complexity index is 852. The molecule has 8 heteroatoms. The van der Waals surface area contributed by atoms with Crippen molar-refractivity contribution in [3.8, 4) is 5.75 Å². The number of carbonyl (C=O) groups excluding carboxylic acids is 1. The van der Waals surface area contributed by atoms with E-state index in [1.165, 1.54) is 18.2 Å². The molecule has 0 unspecified atom stereocenters. The summed E-state index contributed by atoms with van der Waals surface area (Å²) in [5.41, 5.74) is 1.71. The third-order valence-electron chi connectivity index (χ3n) is 4.64. The highest BCUT2D eigenvalue weighted by Gasteiger charge is 2.34. The SMILES string of the molecule is Cc1ccc(CN2CCSCC2)cc1NC(=O)COc1ccccc1C(F)(F)F. The lowest BCUT2D eigenvalue weighted by molar-refractivity contribution is -0.139. The number of benzene rings is 2. The Hall–Kier alpha value is -2.19. The second-order valence-electron chi connectivity index (χ2n) is 6.87. The van der Waals surface area contributed by atoms with Gasteiger partial charge in [-0.2, -0.15) is 24.9 Å². The first-order chi connectivity index (χ1) is 13.8. The third kappa shape index (κ3) is 6.14. The Morgan fingerprint density at radius 1 is 1.17 bits per heavy atom. The Kier molecular flexibility index (Phi) is 7.08. The van der Waals surface area contributed by atoms with Gasteiger partial charge in [-0.15, -0.1) is 0 Å². The fourth-order valence-corrected chi connectivity index (χ4v) is 4.05. The number of carbonyl (C=O) groups is 1. The van der Waals surface area contributed by atoms with Crippen LogP contribution in [-0.4, -0.2) is 42.0 Å². The number of para-hydroxylation sites is 1. The highest BCUT2D eigenvalue weighted by atomic mass is 32.2. The van der Waals surface area contributed by atoms with Gasteiger partial charge in [-0.05, 0) is 36.2 Å². The number of hydrogen-bond acceptors (Lipinski definition) is 4. The zero-order chi connectivity index (χ0) is 20.9. The first-order valence-electron chi connectivity index (χ1n) is 9.31. The average molecular weight is 424 g/mol. The van der Waals surface area contributed by atoms with Crippen molar-refractivity contribution in [1.29, 1.82) is 0 Å². The molecule has 2 aromatic rings. The van der Waals surface area contributed by atoms with Crippen LogP contribution in [-0.2, 0) is 17.5 Å². The predicted octanol–water partition coefficient (Wildman–Crippen LogP) is 4.58. The molecule has 3 rings (SSSR count). The van der Waals surface area contributed by atoms with Gasteiger partial charge in [0.15, 0.2) is 6.61 Å². The summed E-state index contributed by atoms with van der Waals surface area (Å²) in [5.74, 6) is 1.37. The van der Waals surface area contributed by atoms with Crippen LogP contribution in [0.1, 0.15) is 16.7 Å². The van der Waals surface area contributed by atoms with Crippen molar-refractivity contribution >= 4 is 23.4 Å². The summed E-state index contributed by atoms with van der Waals surface area (Å²) in [4.78, 5) is 14.6. The second-order valence-corrected chi connectivity index (χ2v) is 8.09. The molecule has 0 spiro atoms. The van der Waals surface area contributed by atoms with Crippen LogP contribution in [0.4, 0.5) is 18.9 Å². The first kappa shape index (κ1) is 21.5. The van der Waals surface area contributed by atoms with E-state index in [9.17, 15) is 18.0 Å². The standard InChI is InChI=1S/C21H23F3N2O2S/c1-15-6-7-16(13-26-8-10-29-11-9-26)12-18(15)25-20(27)14-28-19-5-3-2-4-17(19)21(22,23)24/h2-7,12H,8-11,13-14H2,1H3,(H,25,27). The lowest BCUT2D eigenvalue weighted by Gasteiger charge is -2.26. The van der Waals surface area contributed by atoms with Gasteiger partial charge < -0.3 is 10.1 Å². The minimum Gasteiger partial charge on any atom is -0.483 e. The monoisotopic (exact) mass is 424 g/mol. The van der Waals surface area contributed by atoms with Crippen LogP contribution in [0, 0.1) is 6.92 Å². The molecule has 0 atom stereocenters. The molecule has 156 valence electrons. The predicted molar refractivity (Wildman–Crippen MR) is 109 cm³/mol. The number of nitrogens with one attached hydrogen (secondary N) is 1. The average Bonchev–Trinajstić information content (AvgIpc) is 2.69. The lowest BCUT2D eigenvalue weighted by atomic mass is 10.1. The van der Waals surface area contributed by atoms with Crippen LogP contribution in [0.3, 0.4) is 0 Å². The largest absolute Gasteiger partial charge is 0.483 e. The van der Waals surface area contributed by atoms with E-state index in [0.29, 0.717) is 5.69 Å². The topological polar surface area (TPSA) is 41.6 Å². The molecular formula is C21H23F3N2O2S. The number of halogens is 3. The molecule has 29 heavy (non-hydrogen) atoms. The summed E-state index contributed by atoms with van der Waals surface area (Å²) in [6, 6.07) is 10.7. The minimum atomic E-state index is -4.54. The van der Waals surface area contributed by atoms with Crippen molar-refractivity contribution in [2.24, 2.45) is 0 Å². The number of ether oxygens (including phenoxy) is 1. The van der Waals surface area contributed by atoms with Gasteiger partial charge >= 0.3 is 6.18 Å². The number of hydrogen-bond donors (Lipinski definition) is 1. The Morgan fingerprint density at radius 2 is 1.90 bits per heavy atom. The normalized spacial score (nSPS) is 15.2. The van der Waals surface area contributed by atoms with Gasteiger partial charge in [0.2, 0.25) is 0 Å². The summed E-state index contributed by atoms with van der Waals surface area (Å²) < 4.78 is 44.2. The van der Waals surface area contributed by atoms with Crippen LogP contribution in [0.25, 0.3) is 0 Å². The van der Waals surface area contributed by atoms with Gasteiger partial charge in [-0.1, -0.05) is 24.3 Å². The van der Waals surface area contributed by atoms with Gasteiger partial charge in [-0.3, -0.25) is 9.69 Å². The Labute approximate surface area is 172 Å². The van der Waals surface area contributed by atoms with Crippen molar-refractivity contribution in [3.63, 3.8) is 0 Å². The molecule has 1 N–H and O–H groups in total. The molecule has 0 bridgehead atoms. The molecule has 1 amide bonds. The maximum Gasteiger partial charge on any atom is 0.419 e. The van der Waals surface area contributed by atoms with Crippen molar-refractivity contribution < 1.29 is 22.7 Å². The van der Waals surface area contributed by atoms with Crippen molar-refractivity contribution in [1.82, 2.24) is 4.90 Å². The quantitative estimate of drug-likeness (QED) is 0.737. The Morgan fingerprint density at radius 3 is 2.62 bits per heavy atom. The van der Waals surface area contributed by atoms with Crippen LogP contribution in [0.2, 0.25) is 0 Å². The highest BCUT2D eigenvalue weighted by Crippen LogP contribution is 2.35. The molecule has 0 aromatic heterocycles. The fraction of sp³-hybridized carbons (Fsp3) is 0.381. The van der Waals surface area contributed by atoms with Gasteiger partial charge in [0.05, 0.1) is 5.56 Å². The van der Waals surface area contributed by atoms with Crippen molar-refractivity contribution in [2.75, 3.05) is 36.5 Å². The molecule has 0 aliphatic carbocycles. The smallest absolute Gasteiger partial charge is 0.419 e. The fourth-order valence-electron chi connectivity index (χ4n) is 3.08. The molecular weight excluding hydrogens is 401 g/mol. The second kappa shape index (κ2) is 9.54. The summed E-state index contributed by atoms with van der Waals surface area (Å²) in [5, 5.41) is 2.75. The van der Waals surface area contributed by atoms with Crippen molar-refractivity contribution in [2.45, 2.75) is 19.6 Å². The van der Waals surface area contributed by atoms with E-state index in [0.717, 1.165) is 48.3 Å². The van der Waals surface area contributed by atoms with E-state index in [-0.39, 0.29) is 5.75 Å². The van der Waals surface area contributed by atoms with Crippen LogP contribution < -0.4 is 10.1 Å². The zero-order valence-corrected chi connectivity index (χ0v) is 16.9. The van der Waals surface area contributed by atoms with Gasteiger partial charge in [0.25, 0.3) is 5.91 Å². The molecule has 1 aliphatic rings. The molecule has 4 nitrogen and oxygen atoms in total. The van der Waals surface area contributed by atoms with Gasteiger partial charge in [0, 0.05) is 36.8 Å². The molecule has 0 saturated carbocycles. The Balaban J connectivity index is 1.61. The maximum atomic E-state index is 13.0. The van der Waals surface area contributed by atoms with Gasteiger partial charge in [0.1, 0.15) is 5.75 Å². The van der Waals surface area contributed by atoms with E-state index >= 15 is 0 Å². The van der Waals surface area contributed by atoms with E-state index in [2.05, 4.69) is 10.2 Å². The lowest BCUT2D eigenvalue weighted by Crippen LogP contribution is -2.32. The zero-order valence-electron chi connectivity index (χ0n) is 16.1. The molecule has 1 saturated heterocycles. The molecule has 2 aromatic carbocycles. The summed E-state index contributed by atoms with van der Waals surface area (Å²) in [6.45, 7) is 4.25. The summed E-state index contributed by atoms with van der Waals surface area (Å²) in [7, 11) is 0. The molecule has 1 fully saturated rings. The van der Waals surface area contributed by atoms with Crippen LogP contribution in [0.15, 0.2) is 42.5 Å². The number of alkyl halides is 3. The van der Waals surface area contributed by atoms with E-state index < -0.39 is 24.3 Å². The van der Waals surface area contributed by atoms with Crippen molar-refractivity contribution in [3.05, 3.63) is 59.2 Å². The molecule has 0 radical (unpaired) electrons. The number of thioether (sulfide) groups is 1. The summed E-state index contributed by atoms with van der Waals surface area (Å²) in [6.07, 6.45) is -4.54. The maximum absolute atomic E-state index is 13.0. The molecule has 1 aliphatic heterocycles. The third-order valence-corrected chi connectivity index (χ3v) is 5.58.